The first-order chi connectivity index (χ1) is 10.8. The van der Waals surface area contributed by atoms with Crippen LogP contribution in [0.15, 0.2) is 12.3 Å². The third-order valence-corrected chi connectivity index (χ3v) is 3.87. The first kappa shape index (κ1) is 17.7. The van der Waals surface area contributed by atoms with E-state index in [0.29, 0.717) is 0 Å². The third-order valence-electron chi connectivity index (χ3n) is 3.87. The lowest BCUT2D eigenvalue weighted by Gasteiger charge is -2.30. The van der Waals surface area contributed by atoms with Crippen molar-refractivity contribution in [1.29, 1.82) is 0 Å². The van der Waals surface area contributed by atoms with Crippen LogP contribution < -0.4 is 16.8 Å². The molecule has 23 heavy (non-hydrogen) atoms. The predicted molar refractivity (Wildman–Crippen MR) is 80.5 cm³/mol. The molecular weight excluding hydrogens is 304 g/mol. The average Bonchev–Trinajstić information content (AvgIpc) is 2.84. The normalized spacial score (nSPS) is 32.1. The summed E-state index contributed by atoms with van der Waals surface area (Å²) in [5, 5.41) is 12.6. The highest BCUT2D eigenvalue weighted by Crippen LogP contribution is 2.25. The van der Waals surface area contributed by atoms with Gasteiger partial charge in [-0.25, -0.2) is 4.79 Å². The molecule has 5 atom stereocenters. The zero-order valence-electron chi connectivity index (χ0n) is 13.2. The second-order valence-electron chi connectivity index (χ2n) is 6.06. The number of hydrogen-bond acceptors (Lipinski definition) is 7. The van der Waals surface area contributed by atoms with E-state index in [1.807, 2.05) is 13.8 Å². The lowest BCUT2D eigenvalue weighted by atomic mass is 10.1. The number of esters is 1. The molecule has 0 aromatic carbocycles. The van der Waals surface area contributed by atoms with Gasteiger partial charge in [-0.1, -0.05) is 13.8 Å². The van der Waals surface area contributed by atoms with E-state index in [1.54, 1.807) is 6.08 Å². The SMILES string of the molecule is CC(C)[C@H](N)C(=O)OC[C@@H]1O[C@H](N2C=CC(N)NC2=O)CC1O. The molecule has 9 heteroatoms. The van der Waals surface area contributed by atoms with Crippen LogP contribution in [0.2, 0.25) is 0 Å². The molecule has 130 valence electrons. The van der Waals surface area contributed by atoms with Crippen LogP contribution in [-0.2, 0) is 14.3 Å². The summed E-state index contributed by atoms with van der Waals surface area (Å²) in [7, 11) is 0. The van der Waals surface area contributed by atoms with Crippen molar-refractivity contribution in [1.82, 2.24) is 10.2 Å². The number of rotatable bonds is 5. The van der Waals surface area contributed by atoms with E-state index in [1.165, 1.54) is 11.1 Å². The molecule has 0 bridgehead atoms. The molecule has 6 N–H and O–H groups in total. The van der Waals surface area contributed by atoms with Crippen LogP contribution in [-0.4, -0.2) is 59.3 Å². The lowest BCUT2D eigenvalue weighted by Crippen LogP contribution is -2.52. The highest BCUT2D eigenvalue weighted by atomic mass is 16.6. The van der Waals surface area contributed by atoms with Crippen LogP contribution in [0, 0.1) is 5.92 Å². The zero-order valence-corrected chi connectivity index (χ0v) is 13.2. The summed E-state index contributed by atoms with van der Waals surface area (Å²) in [4.78, 5) is 24.9. The molecular formula is C14H24N4O5. The third kappa shape index (κ3) is 4.20. The zero-order chi connectivity index (χ0) is 17.1. The maximum absolute atomic E-state index is 11.9. The number of nitrogens with zero attached hydrogens (tertiary/aromatic N) is 1. The summed E-state index contributed by atoms with van der Waals surface area (Å²) in [6, 6.07) is -1.13. The second kappa shape index (κ2) is 7.26. The van der Waals surface area contributed by atoms with Crippen LogP contribution in [0.3, 0.4) is 0 Å². The first-order valence-electron chi connectivity index (χ1n) is 7.58. The minimum Gasteiger partial charge on any atom is -0.462 e. The molecule has 0 spiro atoms. The molecule has 2 rings (SSSR count). The van der Waals surface area contributed by atoms with Crippen LogP contribution >= 0.6 is 0 Å². The summed E-state index contributed by atoms with van der Waals surface area (Å²) in [6.45, 7) is 3.51. The number of carbonyl (C=O) groups is 2. The fourth-order valence-corrected chi connectivity index (χ4v) is 2.31. The average molecular weight is 328 g/mol. The van der Waals surface area contributed by atoms with Gasteiger partial charge in [-0.05, 0) is 12.0 Å². The number of ether oxygens (including phenoxy) is 2. The van der Waals surface area contributed by atoms with Crippen molar-refractivity contribution in [2.45, 2.75) is 50.9 Å². The number of aliphatic hydroxyl groups excluding tert-OH is 1. The van der Waals surface area contributed by atoms with Gasteiger partial charge in [0.2, 0.25) is 0 Å². The fourth-order valence-electron chi connectivity index (χ4n) is 2.31. The van der Waals surface area contributed by atoms with Gasteiger partial charge in [0.1, 0.15) is 25.0 Å². The van der Waals surface area contributed by atoms with Crippen molar-refractivity contribution >= 4 is 12.0 Å². The van der Waals surface area contributed by atoms with E-state index < -0.39 is 42.6 Å². The molecule has 2 amide bonds. The van der Waals surface area contributed by atoms with Gasteiger partial charge in [0.05, 0.1) is 12.3 Å². The summed E-state index contributed by atoms with van der Waals surface area (Å²) >= 11 is 0. The molecule has 9 nitrogen and oxygen atoms in total. The Morgan fingerprint density at radius 2 is 2.30 bits per heavy atom. The molecule has 0 aromatic heterocycles. The highest BCUT2D eigenvalue weighted by Gasteiger charge is 2.40. The molecule has 2 aliphatic rings. The van der Waals surface area contributed by atoms with Crippen LogP contribution in [0.4, 0.5) is 4.79 Å². The smallest absolute Gasteiger partial charge is 0.325 e. The van der Waals surface area contributed by atoms with Crippen LogP contribution in [0.5, 0.6) is 0 Å². The Bertz CT molecular complexity index is 484. The lowest BCUT2D eigenvalue weighted by molar-refractivity contribution is -0.153. The topological polar surface area (TPSA) is 140 Å². The van der Waals surface area contributed by atoms with Crippen molar-refractivity contribution in [3.63, 3.8) is 0 Å². The van der Waals surface area contributed by atoms with Crippen molar-refractivity contribution in [3.8, 4) is 0 Å². The van der Waals surface area contributed by atoms with Crippen molar-refractivity contribution < 1.29 is 24.2 Å². The molecule has 0 aliphatic carbocycles. The van der Waals surface area contributed by atoms with Crippen molar-refractivity contribution in [2.75, 3.05) is 6.61 Å². The number of aliphatic hydroxyl groups is 1. The van der Waals surface area contributed by atoms with Gasteiger partial charge in [0.25, 0.3) is 0 Å². The second-order valence-corrected chi connectivity index (χ2v) is 6.06. The molecule has 2 unspecified atom stereocenters. The molecule has 0 radical (unpaired) electrons. The van der Waals surface area contributed by atoms with Gasteiger partial charge in [-0.2, -0.15) is 0 Å². The number of nitrogens with two attached hydrogens (primary N) is 2. The van der Waals surface area contributed by atoms with Crippen molar-refractivity contribution in [3.05, 3.63) is 12.3 Å². The first-order valence-corrected chi connectivity index (χ1v) is 7.58. The summed E-state index contributed by atoms with van der Waals surface area (Å²) in [6.07, 6.45) is 0.595. The Balaban J connectivity index is 1.88. The fraction of sp³-hybridized carbons (Fsp3) is 0.714. The van der Waals surface area contributed by atoms with Gasteiger partial charge < -0.3 is 31.4 Å². The minimum absolute atomic E-state index is 0.0453. The van der Waals surface area contributed by atoms with E-state index in [4.69, 9.17) is 20.9 Å². The quantitative estimate of drug-likeness (QED) is 0.465. The maximum atomic E-state index is 11.9. The maximum Gasteiger partial charge on any atom is 0.325 e. The van der Waals surface area contributed by atoms with E-state index in [2.05, 4.69) is 5.32 Å². The van der Waals surface area contributed by atoms with Gasteiger partial charge in [-0.15, -0.1) is 0 Å². The number of hydrogen-bond donors (Lipinski definition) is 4. The Kier molecular flexibility index (Phi) is 5.58. The summed E-state index contributed by atoms with van der Waals surface area (Å²) in [5.74, 6) is -0.586. The molecule has 2 aliphatic heterocycles. The molecule has 1 fully saturated rings. The number of carbonyl (C=O) groups excluding carboxylic acids is 2. The van der Waals surface area contributed by atoms with Crippen molar-refractivity contribution in [2.24, 2.45) is 17.4 Å². The van der Waals surface area contributed by atoms with Gasteiger partial charge in [-0.3, -0.25) is 9.69 Å². The van der Waals surface area contributed by atoms with Crippen LogP contribution in [0.25, 0.3) is 0 Å². The van der Waals surface area contributed by atoms with E-state index in [9.17, 15) is 14.7 Å². The number of urea groups is 1. The Hall–Kier alpha value is -1.68. The molecule has 2 heterocycles. The predicted octanol–water partition coefficient (Wildman–Crippen LogP) is -1.19. The summed E-state index contributed by atoms with van der Waals surface area (Å²) < 4.78 is 10.7. The van der Waals surface area contributed by atoms with E-state index in [-0.39, 0.29) is 18.9 Å². The largest absolute Gasteiger partial charge is 0.462 e. The van der Waals surface area contributed by atoms with E-state index >= 15 is 0 Å². The van der Waals surface area contributed by atoms with E-state index in [0.717, 1.165) is 0 Å². The molecule has 0 saturated carbocycles. The van der Waals surface area contributed by atoms with Gasteiger partial charge in [0, 0.05) is 12.6 Å². The summed E-state index contributed by atoms with van der Waals surface area (Å²) in [5.41, 5.74) is 11.3. The van der Waals surface area contributed by atoms with Gasteiger partial charge >= 0.3 is 12.0 Å². The van der Waals surface area contributed by atoms with Crippen LogP contribution in [0.1, 0.15) is 20.3 Å². The number of nitrogens with one attached hydrogen (secondary N) is 1. The monoisotopic (exact) mass is 328 g/mol. The minimum atomic E-state index is -0.847. The number of amides is 2. The standard InChI is InChI=1S/C14H24N4O5/c1-7(2)12(16)13(20)22-6-9-8(19)5-11(23-9)18-4-3-10(15)17-14(18)21/h3-4,7-12,19H,5-6,15-16H2,1-2H3,(H,17,21)/t8?,9-,10?,11-,12-/m0/s1. The molecule has 0 aromatic rings. The molecule has 1 saturated heterocycles. The Morgan fingerprint density at radius 3 is 2.91 bits per heavy atom. The Morgan fingerprint density at radius 1 is 1.61 bits per heavy atom. The highest BCUT2D eigenvalue weighted by molar-refractivity contribution is 5.77. The van der Waals surface area contributed by atoms with Gasteiger partial charge in [0.15, 0.2) is 0 Å². The Labute approximate surface area is 134 Å².